The molecule has 1 fully saturated rings. The smallest absolute Gasteiger partial charge is 0.160 e. The molecule has 1 aromatic carbocycles. The average molecular weight is 369 g/mol. The van der Waals surface area contributed by atoms with Crippen molar-refractivity contribution in [3.8, 4) is 22.5 Å². The van der Waals surface area contributed by atoms with Gasteiger partial charge in [0.1, 0.15) is 5.82 Å². The highest BCUT2D eigenvalue weighted by Crippen LogP contribution is 2.37. The Morgan fingerprint density at radius 3 is 2.46 bits per heavy atom. The van der Waals surface area contributed by atoms with Crippen molar-refractivity contribution in [2.75, 3.05) is 38.1 Å². The number of piperazine rings is 1. The van der Waals surface area contributed by atoms with Gasteiger partial charge in [0.25, 0.3) is 0 Å². The number of aromatic nitrogens is 4. The van der Waals surface area contributed by atoms with Gasteiger partial charge in [-0.15, -0.1) is 0 Å². The number of H-pyrrole nitrogens is 1. The standard InChI is InChI=1S/C19H21ClN6/c1-13-21-8-7-16(22-13)17-18(14-3-5-15(20)6-4-14)23-24-19(17)26-11-9-25(2)10-12-26/h3-8H,9-12H2,1-2H3,(H,23,24). The molecule has 134 valence electrons. The Labute approximate surface area is 157 Å². The number of hydrogen-bond donors (Lipinski definition) is 1. The summed E-state index contributed by atoms with van der Waals surface area (Å²) in [6, 6.07) is 9.73. The van der Waals surface area contributed by atoms with Gasteiger partial charge < -0.3 is 9.80 Å². The quantitative estimate of drug-likeness (QED) is 0.769. The van der Waals surface area contributed by atoms with Gasteiger partial charge in [-0.25, -0.2) is 9.97 Å². The number of nitrogens with zero attached hydrogens (tertiary/aromatic N) is 5. The molecule has 0 saturated carbocycles. The van der Waals surface area contributed by atoms with Crippen LogP contribution in [0.4, 0.5) is 5.82 Å². The summed E-state index contributed by atoms with van der Waals surface area (Å²) in [6.07, 6.45) is 1.80. The van der Waals surface area contributed by atoms with Crippen LogP contribution in [-0.4, -0.2) is 58.3 Å². The summed E-state index contributed by atoms with van der Waals surface area (Å²) in [4.78, 5) is 13.5. The summed E-state index contributed by atoms with van der Waals surface area (Å²) >= 11 is 6.06. The summed E-state index contributed by atoms with van der Waals surface area (Å²) in [6.45, 7) is 5.83. The summed E-state index contributed by atoms with van der Waals surface area (Å²) in [5.74, 6) is 1.69. The van der Waals surface area contributed by atoms with E-state index in [0.29, 0.717) is 5.02 Å². The molecule has 7 heteroatoms. The molecule has 1 aliphatic rings. The second kappa shape index (κ2) is 7.05. The van der Waals surface area contributed by atoms with Gasteiger partial charge in [0.2, 0.25) is 0 Å². The molecule has 1 saturated heterocycles. The molecule has 2 aromatic heterocycles. The maximum absolute atomic E-state index is 6.06. The fraction of sp³-hybridized carbons (Fsp3) is 0.316. The molecule has 1 N–H and O–H groups in total. The van der Waals surface area contributed by atoms with E-state index in [9.17, 15) is 0 Å². The van der Waals surface area contributed by atoms with E-state index < -0.39 is 0 Å². The summed E-state index contributed by atoms with van der Waals surface area (Å²) in [5, 5.41) is 8.60. The Balaban J connectivity index is 1.83. The molecule has 0 atom stereocenters. The van der Waals surface area contributed by atoms with Crippen LogP contribution in [0.15, 0.2) is 36.5 Å². The SMILES string of the molecule is Cc1nccc(-c2c(N3CCN(C)CC3)n[nH]c2-c2ccc(Cl)cc2)n1. The van der Waals surface area contributed by atoms with Crippen molar-refractivity contribution in [3.63, 3.8) is 0 Å². The number of benzene rings is 1. The number of halogens is 1. The lowest BCUT2D eigenvalue weighted by atomic mass is 10.0. The molecule has 0 unspecified atom stereocenters. The van der Waals surface area contributed by atoms with E-state index in [2.05, 4.69) is 37.0 Å². The number of rotatable bonds is 3. The third-order valence-corrected chi connectivity index (χ3v) is 4.97. The van der Waals surface area contributed by atoms with E-state index in [-0.39, 0.29) is 0 Å². The molecule has 6 nitrogen and oxygen atoms in total. The molecule has 0 bridgehead atoms. The molecule has 3 heterocycles. The van der Waals surface area contributed by atoms with Crippen molar-refractivity contribution in [2.24, 2.45) is 0 Å². The van der Waals surface area contributed by atoms with Crippen LogP contribution in [0, 0.1) is 6.92 Å². The van der Waals surface area contributed by atoms with Crippen molar-refractivity contribution < 1.29 is 0 Å². The Morgan fingerprint density at radius 1 is 1.04 bits per heavy atom. The number of aromatic amines is 1. The minimum atomic E-state index is 0.715. The van der Waals surface area contributed by atoms with Crippen molar-refractivity contribution in [1.29, 1.82) is 0 Å². The first kappa shape index (κ1) is 17.0. The summed E-state index contributed by atoms with van der Waals surface area (Å²) in [5.41, 5.74) is 3.88. The van der Waals surface area contributed by atoms with E-state index in [1.165, 1.54) is 0 Å². The van der Waals surface area contributed by atoms with Gasteiger partial charge in [0.15, 0.2) is 5.82 Å². The Kier molecular flexibility index (Phi) is 4.61. The highest BCUT2D eigenvalue weighted by Gasteiger charge is 2.24. The zero-order valence-corrected chi connectivity index (χ0v) is 15.7. The van der Waals surface area contributed by atoms with E-state index >= 15 is 0 Å². The second-order valence-electron chi connectivity index (χ2n) is 6.58. The van der Waals surface area contributed by atoms with Crippen LogP contribution in [0.2, 0.25) is 5.02 Å². The molecule has 26 heavy (non-hydrogen) atoms. The monoisotopic (exact) mass is 368 g/mol. The van der Waals surface area contributed by atoms with E-state index in [4.69, 9.17) is 11.6 Å². The fourth-order valence-electron chi connectivity index (χ4n) is 3.24. The zero-order valence-electron chi connectivity index (χ0n) is 14.9. The van der Waals surface area contributed by atoms with Crippen molar-refractivity contribution in [2.45, 2.75) is 6.92 Å². The lowest BCUT2D eigenvalue weighted by molar-refractivity contribution is 0.312. The van der Waals surface area contributed by atoms with Crippen LogP contribution in [0.5, 0.6) is 0 Å². The van der Waals surface area contributed by atoms with Crippen LogP contribution >= 0.6 is 11.6 Å². The largest absolute Gasteiger partial charge is 0.352 e. The van der Waals surface area contributed by atoms with Gasteiger partial charge in [-0.3, -0.25) is 5.10 Å². The topological polar surface area (TPSA) is 60.9 Å². The van der Waals surface area contributed by atoms with Gasteiger partial charge in [-0.1, -0.05) is 23.7 Å². The third-order valence-electron chi connectivity index (χ3n) is 4.72. The predicted molar refractivity (Wildman–Crippen MR) is 105 cm³/mol. The van der Waals surface area contributed by atoms with Crippen molar-refractivity contribution >= 4 is 17.4 Å². The summed E-state index contributed by atoms with van der Waals surface area (Å²) in [7, 11) is 2.15. The molecular formula is C19H21ClN6. The first-order valence-electron chi connectivity index (χ1n) is 8.69. The average Bonchev–Trinajstić information content (AvgIpc) is 3.08. The summed E-state index contributed by atoms with van der Waals surface area (Å²) < 4.78 is 0. The number of aryl methyl sites for hydroxylation is 1. The van der Waals surface area contributed by atoms with Gasteiger partial charge in [0.05, 0.1) is 17.0 Å². The number of hydrogen-bond acceptors (Lipinski definition) is 5. The zero-order chi connectivity index (χ0) is 18.1. The van der Waals surface area contributed by atoms with Crippen LogP contribution in [0.3, 0.4) is 0 Å². The molecule has 0 aliphatic carbocycles. The highest BCUT2D eigenvalue weighted by molar-refractivity contribution is 6.30. The van der Waals surface area contributed by atoms with E-state index in [0.717, 1.165) is 60.3 Å². The van der Waals surface area contributed by atoms with Crippen molar-refractivity contribution in [1.82, 2.24) is 25.1 Å². The molecular weight excluding hydrogens is 348 g/mol. The van der Waals surface area contributed by atoms with Gasteiger partial charge in [0, 0.05) is 43.0 Å². The van der Waals surface area contributed by atoms with E-state index in [1.807, 2.05) is 37.3 Å². The molecule has 4 rings (SSSR count). The first-order chi connectivity index (χ1) is 12.6. The molecule has 0 radical (unpaired) electrons. The highest BCUT2D eigenvalue weighted by atomic mass is 35.5. The number of nitrogens with one attached hydrogen (secondary N) is 1. The molecule has 1 aliphatic heterocycles. The minimum absolute atomic E-state index is 0.715. The third kappa shape index (κ3) is 3.30. The van der Waals surface area contributed by atoms with Crippen molar-refractivity contribution in [3.05, 3.63) is 47.4 Å². The number of likely N-dealkylation sites (N-methyl/N-ethyl adjacent to an activating group) is 1. The molecule has 3 aromatic rings. The van der Waals surface area contributed by atoms with Gasteiger partial charge >= 0.3 is 0 Å². The van der Waals surface area contributed by atoms with Crippen LogP contribution in [0.25, 0.3) is 22.5 Å². The normalized spacial score (nSPS) is 15.4. The van der Waals surface area contributed by atoms with E-state index in [1.54, 1.807) is 6.20 Å². The maximum atomic E-state index is 6.06. The Bertz CT molecular complexity index is 897. The minimum Gasteiger partial charge on any atom is -0.352 e. The fourth-order valence-corrected chi connectivity index (χ4v) is 3.37. The maximum Gasteiger partial charge on any atom is 0.160 e. The second-order valence-corrected chi connectivity index (χ2v) is 7.02. The lowest BCUT2D eigenvalue weighted by Crippen LogP contribution is -2.44. The van der Waals surface area contributed by atoms with Crippen LogP contribution < -0.4 is 4.90 Å². The first-order valence-corrected chi connectivity index (χ1v) is 9.07. The van der Waals surface area contributed by atoms with Crippen LogP contribution in [-0.2, 0) is 0 Å². The lowest BCUT2D eigenvalue weighted by Gasteiger charge is -2.33. The molecule has 0 amide bonds. The number of anilines is 1. The molecule has 0 spiro atoms. The predicted octanol–water partition coefficient (Wildman–Crippen LogP) is 3.25. The van der Waals surface area contributed by atoms with Crippen LogP contribution in [0.1, 0.15) is 5.82 Å². The Hall–Kier alpha value is -2.44. The Morgan fingerprint density at radius 2 is 1.77 bits per heavy atom. The van der Waals surface area contributed by atoms with Gasteiger partial charge in [-0.05, 0) is 32.2 Å². The van der Waals surface area contributed by atoms with Gasteiger partial charge in [-0.2, -0.15) is 5.10 Å².